The lowest BCUT2D eigenvalue weighted by Gasteiger charge is -2.06. The number of nitrogens with zero attached hydrogens (tertiary/aromatic N) is 2. The van der Waals surface area contributed by atoms with E-state index in [2.05, 4.69) is 9.97 Å². The summed E-state index contributed by atoms with van der Waals surface area (Å²) < 4.78 is 4.71. The third-order valence-electron chi connectivity index (χ3n) is 2.23. The van der Waals surface area contributed by atoms with Gasteiger partial charge >= 0.3 is 5.97 Å². The molecule has 0 N–H and O–H groups in total. The molecule has 1 aromatic heterocycles. The van der Waals surface area contributed by atoms with Crippen LogP contribution in [0.3, 0.4) is 0 Å². The van der Waals surface area contributed by atoms with Crippen LogP contribution in [-0.4, -0.2) is 23.0 Å². The average molecular weight is 249 g/mol. The summed E-state index contributed by atoms with van der Waals surface area (Å²) in [7, 11) is 1.34. The second-order valence-corrected chi connectivity index (χ2v) is 3.59. The van der Waals surface area contributed by atoms with Gasteiger partial charge in [-0.2, -0.15) is 0 Å². The van der Waals surface area contributed by atoms with E-state index in [4.69, 9.17) is 16.3 Å². The quantitative estimate of drug-likeness (QED) is 0.606. The lowest BCUT2D eigenvalue weighted by atomic mass is 10.0. The van der Waals surface area contributed by atoms with Gasteiger partial charge in [-0.15, -0.1) is 0 Å². The van der Waals surface area contributed by atoms with Crippen LogP contribution < -0.4 is 0 Å². The maximum atomic E-state index is 11.6. The van der Waals surface area contributed by atoms with Gasteiger partial charge < -0.3 is 4.74 Å². The van der Waals surface area contributed by atoms with Crippen molar-refractivity contribution in [3.8, 4) is 11.3 Å². The minimum absolute atomic E-state index is 0.141. The number of rotatable bonds is 2. The third kappa shape index (κ3) is 2.42. The summed E-state index contributed by atoms with van der Waals surface area (Å²) in [4.78, 5) is 19.5. The number of esters is 1. The highest BCUT2D eigenvalue weighted by atomic mass is 35.5. The summed E-state index contributed by atoms with van der Waals surface area (Å²) in [5.41, 5.74) is 1.71. The molecule has 0 saturated heterocycles. The largest absolute Gasteiger partial charge is 0.465 e. The van der Waals surface area contributed by atoms with Gasteiger partial charge in [-0.25, -0.2) is 14.8 Å². The highest BCUT2D eigenvalue weighted by Crippen LogP contribution is 2.22. The highest BCUT2D eigenvalue weighted by Gasteiger charge is 2.13. The SMILES string of the molecule is COC(=O)c1ccccc1-c1ccnc(Cl)n1. The van der Waals surface area contributed by atoms with E-state index in [1.807, 2.05) is 6.07 Å². The molecule has 0 aliphatic heterocycles. The molecule has 17 heavy (non-hydrogen) atoms. The summed E-state index contributed by atoms with van der Waals surface area (Å²) in [6.07, 6.45) is 1.54. The molecule has 0 fully saturated rings. The van der Waals surface area contributed by atoms with E-state index < -0.39 is 5.97 Å². The molecular weight excluding hydrogens is 240 g/mol. The number of hydrogen-bond donors (Lipinski definition) is 0. The second-order valence-electron chi connectivity index (χ2n) is 3.25. The Morgan fingerprint density at radius 2 is 2.06 bits per heavy atom. The van der Waals surface area contributed by atoms with Crippen molar-refractivity contribution >= 4 is 17.6 Å². The maximum Gasteiger partial charge on any atom is 0.338 e. The molecule has 0 aliphatic carbocycles. The van der Waals surface area contributed by atoms with Gasteiger partial charge in [0.25, 0.3) is 0 Å². The van der Waals surface area contributed by atoms with Gasteiger partial charge in [0.2, 0.25) is 5.28 Å². The maximum absolute atomic E-state index is 11.6. The number of carbonyl (C=O) groups is 1. The van der Waals surface area contributed by atoms with Gasteiger partial charge in [0.15, 0.2) is 0 Å². The first-order chi connectivity index (χ1) is 8.22. The van der Waals surface area contributed by atoms with E-state index in [1.54, 1.807) is 30.5 Å². The molecule has 2 rings (SSSR count). The Morgan fingerprint density at radius 1 is 1.29 bits per heavy atom. The van der Waals surface area contributed by atoms with Crippen LogP contribution in [0.25, 0.3) is 11.3 Å². The molecule has 86 valence electrons. The lowest BCUT2D eigenvalue weighted by Crippen LogP contribution is -2.04. The molecule has 0 spiro atoms. The van der Waals surface area contributed by atoms with Crippen molar-refractivity contribution in [3.63, 3.8) is 0 Å². The van der Waals surface area contributed by atoms with Crippen molar-refractivity contribution < 1.29 is 9.53 Å². The van der Waals surface area contributed by atoms with E-state index in [0.717, 1.165) is 0 Å². The van der Waals surface area contributed by atoms with E-state index in [0.29, 0.717) is 16.8 Å². The molecule has 5 heteroatoms. The Bertz CT molecular complexity index is 558. The number of ether oxygens (including phenoxy) is 1. The van der Waals surface area contributed by atoms with Gasteiger partial charge in [-0.05, 0) is 23.7 Å². The fourth-order valence-corrected chi connectivity index (χ4v) is 1.63. The number of hydrogen-bond acceptors (Lipinski definition) is 4. The molecule has 0 bridgehead atoms. The molecule has 1 heterocycles. The van der Waals surface area contributed by atoms with Gasteiger partial charge in [0.1, 0.15) is 0 Å². The van der Waals surface area contributed by atoms with Gasteiger partial charge in [0.05, 0.1) is 18.4 Å². The van der Waals surface area contributed by atoms with Crippen LogP contribution >= 0.6 is 11.6 Å². The van der Waals surface area contributed by atoms with Crippen molar-refractivity contribution in [3.05, 3.63) is 47.4 Å². The van der Waals surface area contributed by atoms with Gasteiger partial charge in [0, 0.05) is 11.8 Å². The smallest absolute Gasteiger partial charge is 0.338 e. The molecule has 1 aromatic carbocycles. The number of carbonyl (C=O) groups excluding carboxylic acids is 1. The molecule has 0 unspecified atom stereocenters. The normalized spacial score (nSPS) is 10.0. The van der Waals surface area contributed by atoms with Crippen molar-refractivity contribution in [1.29, 1.82) is 0 Å². The summed E-state index contributed by atoms with van der Waals surface area (Å²) in [6, 6.07) is 8.73. The fraction of sp³-hybridized carbons (Fsp3) is 0.0833. The van der Waals surface area contributed by atoms with Crippen LogP contribution in [-0.2, 0) is 4.74 Å². The minimum atomic E-state index is -0.407. The zero-order valence-corrected chi connectivity index (χ0v) is 9.81. The molecule has 2 aromatic rings. The first kappa shape index (κ1) is 11.5. The monoisotopic (exact) mass is 248 g/mol. The number of aromatic nitrogens is 2. The van der Waals surface area contributed by atoms with Crippen LogP contribution in [0.4, 0.5) is 0 Å². The fourth-order valence-electron chi connectivity index (χ4n) is 1.48. The Hall–Kier alpha value is -1.94. The lowest BCUT2D eigenvalue weighted by molar-refractivity contribution is 0.0601. The molecular formula is C12H9ClN2O2. The third-order valence-corrected chi connectivity index (χ3v) is 2.42. The number of benzene rings is 1. The average Bonchev–Trinajstić information content (AvgIpc) is 2.38. The predicted molar refractivity (Wildman–Crippen MR) is 63.8 cm³/mol. The topological polar surface area (TPSA) is 52.1 Å². The molecule has 0 saturated carbocycles. The van der Waals surface area contributed by atoms with Crippen LogP contribution in [0.5, 0.6) is 0 Å². The second kappa shape index (κ2) is 4.93. The molecule has 0 atom stereocenters. The zero-order valence-electron chi connectivity index (χ0n) is 9.05. The summed E-state index contributed by atoms with van der Waals surface area (Å²) in [6.45, 7) is 0. The minimum Gasteiger partial charge on any atom is -0.465 e. The van der Waals surface area contributed by atoms with Crippen molar-refractivity contribution in [2.45, 2.75) is 0 Å². The molecule has 4 nitrogen and oxygen atoms in total. The Balaban J connectivity index is 2.55. The molecule has 0 aliphatic rings. The van der Waals surface area contributed by atoms with Crippen molar-refractivity contribution in [1.82, 2.24) is 9.97 Å². The number of halogens is 1. The van der Waals surface area contributed by atoms with Crippen LogP contribution in [0.2, 0.25) is 5.28 Å². The summed E-state index contributed by atoms with van der Waals surface area (Å²) in [5.74, 6) is -0.407. The summed E-state index contributed by atoms with van der Waals surface area (Å²) >= 11 is 5.72. The van der Waals surface area contributed by atoms with Crippen LogP contribution in [0.15, 0.2) is 36.5 Å². The zero-order chi connectivity index (χ0) is 12.3. The number of methoxy groups -OCH3 is 1. The van der Waals surface area contributed by atoms with Crippen molar-refractivity contribution in [2.75, 3.05) is 7.11 Å². The van der Waals surface area contributed by atoms with E-state index in [1.165, 1.54) is 7.11 Å². The standard InChI is InChI=1S/C12H9ClN2O2/c1-17-11(16)9-5-3-2-4-8(9)10-6-7-14-12(13)15-10/h2-7H,1H3. The predicted octanol–water partition coefficient (Wildman–Crippen LogP) is 2.58. The van der Waals surface area contributed by atoms with E-state index in [-0.39, 0.29) is 5.28 Å². The van der Waals surface area contributed by atoms with E-state index >= 15 is 0 Å². The van der Waals surface area contributed by atoms with E-state index in [9.17, 15) is 4.79 Å². The Labute approximate surface area is 103 Å². The van der Waals surface area contributed by atoms with Crippen LogP contribution in [0.1, 0.15) is 10.4 Å². The Kier molecular flexibility index (Phi) is 3.35. The first-order valence-corrected chi connectivity index (χ1v) is 5.26. The van der Waals surface area contributed by atoms with Gasteiger partial charge in [-0.3, -0.25) is 0 Å². The van der Waals surface area contributed by atoms with Crippen LogP contribution in [0, 0.1) is 0 Å². The molecule has 0 amide bonds. The summed E-state index contributed by atoms with van der Waals surface area (Å²) in [5, 5.41) is 0.141. The highest BCUT2D eigenvalue weighted by molar-refractivity contribution is 6.28. The first-order valence-electron chi connectivity index (χ1n) is 4.88. The molecule has 0 radical (unpaired) electrons. The van der Waals surface area contributed by atoms with Gasteiger partial charge in [-0.1, -0.05) is 18.2 Å². The Morgan fingerprint density at radius 3 is 2.76 bits per heavy atom. The van der Waals surface area contributed by atoms with Crippen molar-refractivity contribution in [2.24, 2.45) is 0 Å².